The first-order chi connectivity index (χ1) is 11.2. The number of hydrogen-bond donors (Lipinski definition) is 2. The molecule has 2 aromatic heterocycles. The topological polar surface area (TPSA) is 62.2 Å². The lowest BCUT2D eigenvalue weighted by Crippen LogP contribution is -2.21. The van der Waals surface area contributed by atoms with Crippen LogP contribution in [-0.2, 0) is 13.2 Å². The van der Waals surface area contributed by atoms with Crippen molar-refractivity contribution in [3.8, 4) is 9.88 Å². The maximum absolute atomic E-state index is 13.3. The van der Waals surface area contributed by atoms with E-state index in [1.54, 1.807) is 29.7 Å². The highest BCUT2D eigenvalue weighted by atomic mass is 32.1. The van der Waals surface area contributed by atoms with Gasteiger partial charge < -0.3 is 10.4 Å². The number of amides is 1. The van der Waals surface area contributed by atoms with Gasteiger partial charge in [-0.15, -0.1) is 22.7 Å². The van der Waals surface area contributed by atoms with Crippen molar-refractivity contribution >= 4 is 28.6 Å². The number of carbonyl (C=O) groups is 1. The molecule has 0 radical (unpaired) electrons. The van der Waals surface area contributed by atoms with E-state index in [0.717, 1.165) is 15.4 Å². The fourth-order valence-corrected chi connectivity index (χ4v) is 3.66. The summed E-state index contributed by atoms with van der Waals surface area (Å²) in [6.45, 7) is -0.106. The molecule has 7 heteroatoms. The van der Waals surface area contributed by atoms with Crippen LogP contribution in [0.15, 0.2) is 41.9 Å². The zero-order valence-electron chi connectivity index (χ0n) is 12.0. The SMILES string of the molecule is O=C(NCc1ccc(F)c(CO)c1)c1cnc(-c2cccs2)s1. The molecule has 23 heavy (non-hydrogen) atoms. The van der Waals surface area contributed by atoms with Crippen molar-refractivity contribution < 1.29 is 14.3 Å². The molecule has 1 amide bonds. The molecule has 0 saturated heterocycles. The van der Waals surface area contributed by atoms with Gasteiger partial charge in [0.05, 0.1) is 17.7 Å². The van der Waals surface area contributed by atoms with Crippen LogP contribution in [0.25, 0.3) is 9.88 Å². The summed E-state index contributed by atoms with van der Waals surface area (Å²) in [4.78, 5) is 18.0. The molecule has 0 aliphatic carbocycles. The van der Waals surface area contributed by atoms with E-state index in [1.165, 1.54) is 17.4 Å². The van der Waals surface area contributed by atoms with Gasteiger partial charge in [0.2, 0.25) is 0 Å². The Kier molecular flexibility index (Phi) is 4.80. The molecule has 3 rings (SSSR count). The summed E-state index contributed by atoms with van der Waals surface area (Å²) in [5.41, 5.74) is 0.946. The van der Waals surface area contributed by atoms with Crippen LogP contribution in [0.3, 0.4) is 0 Å². The lowest BCUT2D eigenvalue weighted by atomic mass is 10.1. The normalized spacial score (nSPS) is 10.7. The van der Waals surface area contributed by atoms with Crippen LogP contribution >= 0.6 is 22.7 Å². The number of hydrogen-bond acceptors (Lipinski definition) is 5. The van der Waals surface area contributed by atoms with Gasteiger partial charge in [0.25, 0.3) is 5.91 Å². The minimum absolute atomic E-state index is 0.217. The second-order valence-corrected chi connectivity index (χ2v) is 6.75. The van der Waals surface area contributed by atoms with Crippen molar-refractivity contribution in [3.63, 3.8) is 0 Å². The molecule has 4 nitrogen and oxygen atoms in total. The molecule has 0 saturated carbocycles. The van der Waals surface area contributed by atoms with Gasteiger partial charge in [0.1, 0.15) is 15.7 Å². The number of thiazole rings is 1. The Labute approximate surface area is 140 Å². The number of aliphatic hydroxyl groups is 1. The lowest BCUT2D eigenvalue weighted by molar-refractivity contribution is 0.0954. The molecule has 0 fully saturated rings. The highest BCUT2D eigenvalue weighted by molar-refractivity contribution is 7.21. The Morgan fingerprint density at radius 1 is 1.35 bits per heavy atom. The average molecular weight is 348 g/mol. The van der Waals surface area contributed by atoms with Crippen LogP contribution in [0, 0.1) is 5.82 Å². The third-order valence-corrected chi connectivity index (χ3v) is 5.23. The van der Waals surface area contributed by atoms with E-state index in [0.29, 0.717) is 4.88 Å². The number of aromatic nitrogens is 1. The first-order valence-electron chi connectivity index (χ1n) is 6.83. The predicted octanol–water partition coefficient (Wildman–Crippen LogP) is 3.43. The number of halogens is 1. The van der Waals surface area contributed by atoms with Crippen molar-refractivity contribution in [1.82, 2.24) is 10.3 Å². The second kappa shape index (κ2) is 6.99. The molecule has 118 valence electrons. The van der Waals surface area contributed by atoms with Crippen LogP contribution in [0.4, 0.5) is 4.39 Å². The number of aliphatic hydroxyl groups excluding tert-OH is 1. The number of rotatable bonds is 5. The van der Waals surface area contributed by atoms with Gasteiger partial charge in [-0.25, -0.2) is 9.37 Å². The largest absolute Gasteiger partial charge is 0.392 e. The van der Waals surface area contributed by atoms with E-state index in [2.05, 4.69) is 10.3 Å². The van der Waals surface area contributed by atoms with Crippen LogP contribution in [0.5, 0.6) is 0 Å². The quantitative estimate of drug-likeness (QED) is 0.742. The molecule has 0 atom stereocenters. The van der Waals surface area contributed by atoms with E-state index in [-0.39, 0.29) is 24.6 Å². The highest BCUT2D eigenvalue weighted by Crippen LogP contribution is 2.28. The summed E-state index contributed by atoms with van der Waals surface area (Å²) in [5.74, 6) is -0.675. The van der Waals surface area contributed by atoms with Crippen molar-refractivity contribution in [1.29, 1.82) is 0 Å². The number of nitrogens with one attached hydrogen (secondary N) is 1. The smallest absolute Gasteiger partial charge is 0.263 e. The van der Waals surface area contributed by atoms with Gasteiger partial charge >= 0.3 is 0 Å². The monoisotopic (exact) mass is 348 g/mol. The standard InChI is InChI=1S/C16H13FN2O2S2/c17-12-4-3-10(6-11(12)9-20)7-18-15(21)14-8-19-16(23-14)13-2-1-5-22-13/h1-6,8,20H,7,9H2,(H,18,21). The zero-order chi connectivity index (χ0) is 16.2. The van der Waals surface area contributed by atoms with E-state index >= 15 is 0 Å². The van der Waals surface area contributed by atoms with Gasteiger partial charge in [0.15, 0.2) is 0 Å². The first-order valence-corrected chi connectivity index (χ1v) is 8.53. The Morgan fingerprint density at radius 3 is 2.96 bits per heavy atom. The van der Waals surface area contributed by atoms with Gasteiger partial charge in [-0.1, -0.05) is 12.1 Å². The molecule has 0 spiro atoms. The predicted molar refractivity (Wildman–Crippen MR) is 88.9 cm³/mol. The van der Waals surface area contributed by atoms with E-state index in [9.17, 15) is 9.18 Å². The van der Waals surface area contributed by atoms with Crippen LogP contribution in [-0.4, -0.2) is 16.0 Å². The van der Waals surface area contributed by atoms with Crippen LogP contribution in [0.2, 0.25) is 0 Å². The number of benzene rings is 1. The maximum Gasteiger partial charge on any atom is 0.263 e. The fourth-order valence-electron chi connectivity index (χ4n) is 2.02. The zero-order valence-corrected chi connectivity index (χ0v) is 13.6. The Bertz CT molecular complexity index is 815. The fraction of sp³-hybridized carbons (Fsp3) is 0.125. The van der Waals surface area contributed by atoms with Crippen molar-refractivity contribution in [2.45, 2.75) is 13.2 Å². The molecule has 3 aromatic rings. The molecule has 0 unspecified atom stereocenters. The molecule has 2 N–H and O–H groups in total. The van der Waals surface area contributed by atoms with Gasteiger partial charge in [-0.05, 0) is 29.1 Å². The minimum Gasteiger partial charge on any atom is -0.392 e. The summed E-state index contributed by atoms with van der Waals surface area (Å²) < 4.78 is 13.3. The molecule has 0 aliphatic heterocycles. The third-order valence-electron chi connectivity index (χ3n) is 3.19. The molecule has 0 aliphatic rings. The van der Waals surface area contributed by atoms with Gasteiger partial charge in [-0.3, -0.25) is 4.79 Å². The highest BCUT2D eigenvalue weighted by Gasteiger charge is 2.12. The van der Waals surface area contributed by atoms with E-state index in [1.807, 2.05) is 17.5 Å². The van der Waals surface area contributed by atoms with Crippen molar-refractivity contribution in [2.24, 2.45) is 0 Å². The molecule has 2 heterocycles. The van der Waals surface area contributed by atoms with Crippen molar-refractivity contribution in [3.05, 3.63) is 63.7 Å². The lowest BCUT2D eigenvalue weighted by Gasteiger charge is -2.06. The number of carbonyl (C=O) groups excluding carboxylic acids is 1. The van der Waals surface area contributed by atoms with E-state index in [4.69, 9.17) is 5.11 Å². The summed E-state index contributed by atoms with van der Waals surface area (Å²) in [5, 5.41) is 14.6. The second-order valence-electron chi connectivity index (χ2n) is 4.77. The summed E-state index contributed by atoms with van der Waals surface area (Å²) in [6, 6.07) is 8.31. The third kappa shape index (κ3) is 3.64. The van der Waals surface area contributed by atoms with Gasteiger partial charge in [-0.2, -0.15) is 0 Å². The molecule has 0 bridgehead atoms. The van der Waals surface area contributed by atoms with Crippen LogP contribution in [0.1, 0.15) is 20.8 Å². The molecular weight excluding hydrogens is 335 g/mol. The van der Waals surface area contributed by atoms with Crippen LogP contribution < -0.4 is 5.32 Å². The van der Waals surface area contributed by atoms with Crippen molar-refractivity contribution in [2.75, 3.05) is 0 Å². The summed E-state index contributed by atoms with van der Waals surface area (Å²) in [7, 11) is 0. The minimum atomic E-state index is -0.453. The Hall–Kier alpha value is -2.09. The molecule has 1 aromatic carbocycles. The Morgan fingerprint density at radius 2 is 2.22 bits per heavy atom. The Balaban J connectivity index is 1.66. The number of nitrogens with zero attached hydrogens (tertiary/aromatic N) is 1. The number of thiophene rings is 1. The van der Waals surface area contributed by atoms with Gasteiger partial charge in [0, 0.05) is 12.1 Å². The average Bonchev–Trinajstić information content (AvgIpc) is 3.24. The van der Waals surface area contributed by atoms with E-state index < -0.39 is 5.82 Å². The summed E-state index contributed by atoms with van der Waals surface area (Å²) in [6.07, 6.45) is 1.55. The summed E-state index contributed by atoms with van der Waals surface area (Å²) >= 11 is 2.90. The molecular formula is C16H13FN2O2S2. The first kappa shape index (κ1) is 15.8. The maximum atomic E-state index is 13.3.